The van der Waals surface area contributed by atoms with Gasteiger partial charge >= 0.3 is 0 Å². The summed E-state index contributed by atoms with van der Waals surface area (Å²) < 4.78 is 3.28. The van der Waals surface area contributed by atoms with Crippen molar-refractivity contribution >= 4 is 11.5 Å². The Morgan fingerprint density at radius 2 is 1.93 bits per heavy atom. The topological polar surface area (TPSA) is 72.5 Å². The molecule has 0 atom stereocenters. The number of pyridine rings is 1. The Morgan fingerprint density at radius 3 is 2.70 bits per heavy atom. The third-order valence-electron chi connectivity index (χ3n) is 5.47. The smallest absolute Gasteiger partial charge is 0.259 e. The van der Waals surface area contributed by atoms with E-state index in [0.717, 1.165) is 43.0 Å². The Hall–Kier alpha value is -2.96. The van der Waals surface area contributed by atoms with Crippen LogP contribution in [0, 0.1) is 19.8 Å². The lowest BCUT2D eigenvalue weighted by atomic mass is 9.96. The fourth-order valence-electron chi connectivity index (χ4n) is 3.63. The van der Waals surface area contributed by atoms with Crippen molar-refractivity contribution in [3.05, 3.63) is 68.8 Å². The molecule has 4 heterocycles. The van der Waals surface area contributed by atoms with Gasteiger partial charge in [0.15, 0.2) is 0 Å². The van der Waals surface area contributed by atoms with Gasteiger partial charge in [0.25, 0.3) is 11.1 Å². The summed E-state index contributed by atoms with van der Waals surface area (Å²) in [6.45, 7) is 6.03. The molecule has 4 rings (SSSR count). The third kappa shape index (κ3) is 3.37. The second-order valence-corrected chi connectivity index (χ2v) is 7.22. The summed E-state index contributed by atoms with van der Waals surface area (Å²) in [7, 11) is 0. The van der Waals surface area contributed by atoms with Gasteiger partial charge in [0.05, 0.1) is 6.33 Å². The number of hydrogen-bond donors (Lipinski definition) is 0. The van der Waals surface area contributed by atoms with E-state index in [2.05, 4.69) is 14.9 Å². The number of anilines is 1. The lowest BCUT2D eigenvalue weighted by Crippen LogP contribution is -2.37. The summed E-state index contributed by atoms with van der Waals surface area (Å²) in [4.78, 5) is 35.8. The Bertz CT molecular complexity index is 1090. The van der Waals surface area contributed by atoms with Gasteiger partial charge in [0.2, 0.25) is 0 Å². The van der Waals surface area contributed by atoms with Gasteiger partial charge < -0.3 is 4.90 Å². The van der Waals surface area contributed by atoms with Crippen molar-refractivity contribution in [2.75, 3.05) is 18.0 Å². The number of fused-ring (bicyclic) bond motifs is 1. The Balaban J connectivity index is 1.47. The van der Waals surface area contributed by atoms with Crippen molar-refractivity contribution in [1.82, 2.24) is 18.9 Å². The number of piperidine rings is 1. The maximum absolute atomic E-state index is 12.4. The molecule has 3 aromatic rings. The molecule has 0 aromatic carbocycles. The van der Waals surface area contributed by atoms with Crippen molar-refractivity contribution < 1.29 is 0 Å². The zero-order valence-electron chi connectivity index (χ0n) is 15.6. The molecule has 1 fully saturated rings. The van der Waals surface area contributed by atoms with Crippen LogP contribution in [0.15, 0.2) is 46.4 Å². The summed E-state index contributed by atoms with van der Waals surface area (Å²) in [6, 6.07) is 7.15. The van der Waals surface area contributed by atoms with Gasteiger partial charge in [-0.2, -0.15) is 0 Å². The molecule has 0 unspecified atom stereocenters. The van der Waals surface area contributed by atoms with Crippen LogP contribution in [0.5, 0.6) is 0 Å². The molecule has 140 valence electrons. The zero-order valence-corrected chi connectivity index (χ0v) is 15.6. The highest BCUT2D eigenvalue weighted by Crippen LogP contribution is 2.22. The Labute approximate surface area is 156 Å². The first-order chi connectivity index (χ1) is 13.0. The predicted molar refractivity (Wildman–Crippen MR) is 104 cm³/mol. The van der Waals surface area contributed by atoms with Crippen LogP contribution in [0.25, 0.3) is 5.65 Å². The van der Waals surface area contributed by atoms with E-state index in [1.165, 1.54) is 0 Å². The van der Waals surface area contributed by atoms with Crippen LogP contribution >= 0.6 is 0 Å². The SMILES string of the molecule is Cc1ncn(CC2CCN(c3cc(=O)n4ccccc4n3)CC2)c(=O)c1C. The van der Waals surface area contributed by atoms with Crippen molar-refractivity contribution in [2.24, 2.45) is 5.92 Å². The van der Waals surface area contributed by atoms with E-state index in [1.807, 2.05) is 32.0 Å². The molecule has 27 heavy (non-hydrogen) atoms. The monoisotopic (exact) mass is 365 g/mol. The molecule has 1 saturated heterocycles. The molecule has 3 aromatic heterocycles. The van der Waals surface area contributed by atoms with Gasteiger partial charge in [-0.15, -0.1) is 0 Å². The van der Waals surface area contributed by atoms with Gasteiger partial charge in [-0.05, 0) is 44.7 Å². The normalized spacial score (nSPS) is 15.4. The molecule has 0 spiro atoms. The predicted octanol–water partition coefficient (Wildman–Crippen LogP) is 1.78. The van der Waals surface area contributed by atoms with Crippen molar-refractivity contribution in [1.29, 1.82) is 0 Å². The fourth-order valence-corrected chi connectivity index (χ4v) is 3.63. The molecule has 0 amide bonds. The van der Waals surface area contributed by atoms with E-state index in [9.17, 15) is 9.59 Å². The maximum Gasteiger partial charge on any atom is 0.259 e. The van der Waals surface area contributed by atoms with Crippen molar-refractivity contribution in [3.63, 3.8) is 0 Å². The van der Waals surface area contributed by atoms with Gasteiger partial charge in [-0.1, -0.05) is 6.07 Å². The minimum absolute atomic E-state index is 0.0501. The molecule has 0 bridgehead atoms. The summed E-state index contributed by atoms with van der Waals surface area (Å²) in [5.41, 5.74) is 2.16. The van der Waals surface area contributed by atoms with Crippen LogP contribution in [0.4, 0.5) is 5.82 Å². The summed E-state index contributed by atoms with van der Waals surface area (Å²) in [5, 5.41) is 0. The molecule has 1 aliphatic rings. The highest BCUT2D eigenvalue weighted by molar-refractivity contribution is 5.48. The standard InChI is InChI=1S/C20H23N5O2/c1-14-15(2)21-13-24(20(14)27)12-16-6-9-23(10-7-16)18-11-19(26)25-8-4-3-5-17(25)22-18/h3-5,8,11,13,16H,6-7,9-10,12H2,1-2H3. The Kier molecular flexibility index (Phi) is 4.51. The molecule has 0 aliphatic carbocycles. The van der Waals surface area contributed by atoms with Crippen LogP contribution < -0.4 is 16.0 Å². The minimum atomic E-state index is -0.0644. The number of hydrogen-bond acceptors (Lipinski definition) is 5. The average molecular weight is 365 g/mol. The average Bonchev–Trinajstić information content (AvgIpc) is 2.69. The number of aryl methyl sites for hydroxylation is 1. The lowest BCUT2D eigenvalue weighted by Gasteiger charge is -2.33. The largest absolute Gasteiger partial charge is 0.356 e. The van der Waals surface area contributed by atoms with E-state index in [0.29, 0.717) is 18.1 Å². The molecule has 7 nitrogen and oxygen atoms in total. The van der Waals surface area contributed by atoms with E-state index in [-0.39, 0.29) is 11.1 Å². The van der Waals surface area contributed by atoms with Crippen LogP contribution in [0.1, 0.15) is 24.1 Å². The van der Waals surface area contributed by atoms with Gasteiger partial charge in [-0.25, -0.2) is 9.97 Å². The van der Waals surface area contributed by atoms with E-state index in [1.54, 1.807) is 27.6 Å². The second kappa shape index (κ2) is 6.98. The first-order valence-corrected chi connectivity index (χ1v) is 9.29. The molecule has 1 aliphatic heterocycles. The number of rotatable bonds is 3. The highest BCUT2D eigenvalue weighted by Gasteiger charge is 2.22. The maximum atomic E-state index is 12.4. The van der Waals surface area contributed by atoms with Crippen LogP contribution in [-0.4, -0.2) is 32.0 Å². The zero-order chi connectivity index (χ0) is 19.0. The first-order valence-electron chi connectivity index (χ1n) is 9.29. The minimum Gasteiger partial charge on any atom is -0.356 e. The quantitative estimate of drug-likeness (QED) is 0.707. The lowest BCUT2D eigenvalue weighted by molar-refractivity contribution is 0.349. The number of nitrogens with zero attached hydrogens (tertiary/aromatic N) is 5. The fraction of sp³-hybridized carbons (Fsp3) is 0.400. The van der Waals surface area contributed by atoms with Crippen molar-refractivity contribution in [3.8, 4) is 0 Å². The van der Waals surface area contributed by atoms with Gasteiger partial charge in [-0.3, -0.25) is 18.6 Å². The Morgan fingerprint density at radius 1 is 1.15 bits per heavy atom. The van der Waals surface area contributed by atoms with Crippen molar-refractivity contribution in [2.45, 2.75) is 33.2 Å². The first kappa shape index (κ1) is 17.5. The van der Waals surface area contributed by atoms with Crippen LogP contribution in [0.2, 0.25) is 0 Å². The molecule has 0 saturated carbocycles. The van der Waals surface area contributed by atoms with E-state index in [4.69, 9.17) is 0 Å². The molecule has 7 heteroatoms. The molecule has 0 radical (unpaired) electrons. The summed E-state index contributed by atoms with van der Waals surface area (Å²) >= 11 is 0. The highest BCUT2D eigenvalue weighted by atomic mass is 16.1. The molecular weight excluding hydrogens is 342 g/mol. The van der Waals surface area contributed by atoms with Gasteiger partial charge in [0, 0.05) is 43.2 Å². The van der Waals surface area contributed by atoms with Gasteiger partial charge in [0.1, 0.15) is 11.5 Å². The number of aromatic nitrogens is 4. The van der Waals surface area contributed by atoms with Crippen LogP contribution in [0.3, 0.4) is 0 Å². The molecule has 0 N–H and O–H groups in total. The van der Waals surface area contributed by atoms with E-state index >= 15 is 0 Å². The van der Waals surface area contributed by atoms with Crippen LogP contribution in [-0.2, 0) is 6.54 Å². The second-order valence-electron chi connectivity index (χ2n) is 7.22. The summed E-state index contributed by atoms with van der Waals surface area (Å²) in [6.07, 6.45) is 5.29. The summed E-state index contributed by atoms with van der Waals surface area (Å²) in [5.74, 6) is 1.15. The molecular formula is C20H23N5O2. The van der Waals surface area contributed by atoms with E-state index < -0.39 is 0 Å². The third-order valence-corrected chi connectivity index (χ3v) is 5.47.